The van der Waals surface area contributed by atoms with Gasteiger partial charge in [-0.1, -0.05) is 287 Å². The first-order valence-electron chi connectivity index (χ1n) is 32.9. The van der Waals surface area contributed by atoms with Gasteiger partial charge in [-0.2, -0.15) is 0 Å². The Bertz CT molecular complexity index is 1050. The average molecular weight is 1040 g/mol. The van der Waals surface area contributed by atoms with Crippen molar-refractivity contribution in [1.29, 1.82) is 0 Å². The Labute approximate surface area is 457 Å². The zero-order valence-corrected chi connectivity index (χ0v) is 50.8. The van der Waals surface area contributed by atoms with Crippen LogP contribution in [0.15, 0.2) is 23.0 Å². The Balaban J connectivity index is 6.68. The lowest BCUT2D eigenvalue weighted by Crippen LogP contribution is -2.25. The monoisotopic (exact) mass is 1030 g/mol. The second-order valence-electron chi connectivity index (χ2n) is 21.8. The van der Waals surface area contributed by atoms with E-state index in [4.69, 9.17) is 33.2 Å². The van der Waals surface area contributed by atoms with Crippen LogP contribution in [0.1, 0.15) is 351 Å². The first kappa shape index (κ1) is 71.6. The lowest BCUT2D eigenvalue weighted by atomic mass is 10.0. The van der Waals surface area contributed by atoms with E-state index < -0.39 is 0 Å². The molecule has 0 amide bonds. The summed E-state index contributed by atoms with van der Waals surface area (Å²) in [6.45, 7) is 21.5. The van der Waals surface area contributed by atoms with Crippen molar-refractivity contribution in [2.24, 2.45) is 0 Å². The van der Waals surface area contributed by atoms with E-state index in [2.05, 4.69) is 55.4 Å². The highest BCUT2D eigenvalue weighted by molar-refractivity contribution is 5.09. The van der Waals surface area contributed by atoms with Crippen LogP contribution in [0.3, 0.4) is 0 Å². The second-order valence-corrected chi connectivity index (χ2v) is 21.8. The molecule has 0 radical (unpaired) electrons. The third kappa shape index (κ3) is 46.4. The largest absolute Gasteiger partial charge is 0.494 e. The van der Waals surface area contributed by atoms with Crippen LogP contribution in [0.25, 0.3) is 0 Å². The highest BCUT2D eigenvalue weighted by atomic mass is 16.7. The van der Waals surface area contributed by atoms with Crippen molar-refractivity contribution < 1.29 is 33.2 Å². The Kier molecular flexibility index (Phi) is 58.6. The third-order valence-electron chi connectivity index (χ3n) is 14.6. The average Bonchev–Trinajstić information content (AvgIpc) is 3.40. The first-order valence-corrected chi connectivity index (χ1v) is 32.9. The van der Waals surface area contributed by atoms with Gasteiger partial charge in [-0.3, -0.25) is 0 Å². The summed E-state index contributed by atoms with van der Waals surface area (Å²) in [5.74, 6) is 3.92. The zero-order valence-electron chi connectivity index (χ0n) is 50.8. The molecule has 0 aromatic heterocycles. The van der Waals surface area contributed by atoms with E-state index in [1.165, 1.54) is 193 Å². The van der Waals surface area contributed by atoms with Gasteiger partial charge in [0.25, 0.3) is 0 Å². The molecule has 7 nitrogen and oxygen atoms in total. The van der Waals surface area contributed by atoms with Gasteiger partial charge in [-0.05, 0) is 51.4 Å². The van der Waals surface area contributed by atoms with Crippen molar-refractivity contribution in [1.82, 2.24) is 0 Å². The lowest BCUT2D eigenvalue weighted by molar-refractivity contribution is -0.167. The predicted molar refractivity (Wildman–Crippen MR) is 316 cm³/mol. The molecule has 0 aliphatic carbocycles. The minimum Gasteiger partial charge on any atom is -0.494 e. The SMILES string of the molecule is CCCCCCCCCCC(OCCCCCCC)=C(OCCCCCCC)C(CCCCC)OCOCOC(CCCCC)C(OCCCCCCC)=C(CCCCCCCCCC)OCCCCCCC. The van der Waals surface area contributed by atoms with Gasteiger partial charge >= 0.3 is 0 Å². The minimum absolute atomic E-state index is 0.139. The van der Waals surface area contributed by atoms with Crippen LogP contribution in [0.4, 0.5) is 0 Å². The van der Waals surface area contributed by atoms with Crippen LogP contribution in [0.5, 0.6) is 0 Å². The molecule has 0 aliphatic rings. The van der Waals surface area contributed by atoms with E-state index in [-0.39, 0.29) is 25.8 Å². The molecule has 436 valence electrons. The van der Waals surface area contributed by atoms with E-state index in [9.17, 15) is 0 Å². The van der Waals surface area contributed by atoms with Crippen LogP contribution in [-0.4, -0.2) is 52.2 Å². The van der Waals surface area contributed by atoms with Crippen molar-refractivity contribution in [3.63, 3.8) is 0 Å². The van der Waals surface area contributed by atoms with Gasteiger partial charge < -0.3 is 33.2 Å². The fourth-order valence-corrected chi connectivity index (χ4v) is 9.69. The van der Waals surface area contributed by atoms with E-state index in [0.717, 1.165) is 139 Å². The fourth-order valence-electron chi connectivity index (χ4n) is 9.69. The molecule has 0 aromatic carbocycles. The molecule has 7 heteroatoms. The smallest absolute Gasteiger partial charge is 0.162 e. The zero-order chi connectivity index (χ0) is 53.2. The highest BCUT2D eigenvalue weighted by Crippen LogP contribution is 2.29. The molecule has 0 heterocycles. The van der Waals surface area contributed by atoms with Crippen LogP contribution < -0.4 is 0 Å². The van der Waals surface area contributed by atoms with Crippen molar-refractivity contribution in [3.8, 4) is 0 Å². The molecule has 0 saturated carbocycles. The standard InChI is InChI=1S/C66H130O7/c1-9-17-25-31-33-35-37-45-53-61(68-55-47-39-27-19-11-3)65(70-57-49-41-29-21-13-5)63(51-43-23-15-7)72-59-67-60-73-64(52-44-24-16-8)66(71-58-50-42-30-22-14-6)62(69-56-48-40-28-20-12-4)54-46-38-36-34-32-26-18-10-2/h63-64H,9-60H2,1-8H3. The topological polar surface area (TPSA) is 64.6 Å². The molecule has 2 atom stereocenters. The van der Waals surface area contributed by atoms with E-state index in [1.54, 1.807) is 0 Å². The molecule has 2 unspecified atom stereocenters. The van der Waals surface area contributed by atoms with Crippen molar-refractivity contribution in [2.75, 3.05) is 40.0 Å². The number of hydrogen-bond donors (Lipinski definition) is 0. The quantitative estimate of drug-likeness (QED) is 0.0342. The van der Waals surface area contributed by atoms with E-state index >= 15 is 0 Å². The molecular formula is C66H130O7. The summed E-state index contributed by atoms with van der Waals surface area (Å²) in [6, 6.07) is 0. The third-order valence-corrected chi connectivity index (χ3v) is 14.6. The Hall–Kier alpha value is -1.44. The molecule has 0 N–H and O–H groups in total. The minimum atomic E-state index is -0.220. The fraction of sp³-hybridized carbons (Fsp3) is 0.939. The van der Waals surface area contributed by atoms with E-state index in [0.29, 0.717) is 13.2 Å². The van der Waals surface area contributed by atoms with Crippen molar-refractivity contribution >= 4 is 0 Å². The number of hydrogen-bond acceptors (Lipinski definition) is 7. The number of unbranched alkanes of at least 4 members (excludes halogenated alkanes) is 34. The van der Waals surface area contributed by atoms with Gasteiger partial charge in [-0.25, -0.2) is 0 Å². The van der Waals surface area contributed by atoms with Gasteiger partial charge in [0.1, 0.15) is 23.7 Å². The second kappa shape index (κ2) is 59.8. The lowest BCUT2D eigenvalue weighted by Gasteiger charge is -2.26. The van der Waals surface area contributed by atoms with Gasteiger partial charge in [-0.15, -0.1) is 0 Å². The summed E-state index contributed by atoms with van der Waals surface area (Å²) in [5.41, 5.74) is 0. The van der Waals surface area contributed by atoms with Crippen LogP contribution >= 0.6 is 0 Å². The summed E-state index contributed by atoms with van der Waals surface area (Å²) < 4.78 is 47.6. The molecule has 0 bridgehead atoms. The van der Waals surface area contributed by atoms with Gasteiger partial charge in [0.05, 0.1) is 26.4 Å². The molecule has 73 heavy (non-hydrogen) atoms. The Morgan fingerprint density at radius 3 is 0.767 bits per heavy atom. The molecule has 0 spiro atoms. The van der Waals surface area contributed by atoms with Crippen molar-refractivity contribution in [2.45, 2.75) is 363 Å². The summed E-state index contributed by atoms with van der Waals surface area (Å²) in [6.07, 6.45) is 54.9. The number of rotatable bonds is 62. The maximum atomic E-state index is 6.91. The number of allylic oxidation sites excluding steroid dienone is 2. The van der Waals surface area contributed by atoms with Crippen molar-refractivity contribution in [3.05, 3.63) is 23.0 Å². The molecule has 0 aromatic rings. The highest BCUT2D eigenvalue weighted by Gasteiger charge is 2.25. The van der Waals surface area contributed by atoms with Gasteiger partial charge in [0.15, 0.2) is 25.1 Å². The molecule has 0 fully saturated rings. The number of ether oxygens (including phenoxy) is 7. The molecule has 0 saturated heterocycles. The first-order chi connectivity index (χ1) is 36.1. The molecule has 0 aliphatic heterocycles. The maximum absolute atomic E-state index is 6.91. The predicted octanol–water partition coefficient (Wildman–Crippen LogP) is 22.3. The summed E-state index contributed by atoms with van der Waals surface area (Å²) in [5, 5.41) is 0. The summed E-state index contributed by atoms with van der Waals surface area (Å²) >= 11 is 0. The molecule has 0 rings (SSSR count). The van der Waals surface area contributed by atoms with Crippen LogP contribution in [-0.2, 0) is 33.2 Å². The van der Waals surface area contributed by atoms with Gasteiger partial charge in [0.2, 0.25) is 0 Å². The Morgan fingerprint density at radius 1 is 0.247 bits per heavy atom. The van der Waals surface area contributed by atoms with Crippen LogP contribution in [0, 0.1) is 0 Å². The summed E-state index contributed by atoms with van der Waals surface area (Å²) in [4.78, 5) is 0. The maximum Gasteiger partial charge on any atom is 0.162 e. The Morgan fingerprint density at radius 2 is 0.479 bits per heavy atom. The molecular weight excluding hydrogens is 905 g/mol. The van der Waals surface area contributed by atoms with E-state index in [1.807, 2.05) is 0 Å². The van der Waals surface area contributed by atoms with Crippen LogP contribution in [0.2, 0.25) is 0 Å². The summed E-state index contributed by atoms with van der Waals surface area (Å²) in [7, 11) is 0. The van der Waals surface area contributed by atoms with Gasteiger partial charge in [0, 0.05) is 12.8 Å². The normalized spacial score (nSPS) is 13.3.